The molecule has 9 nitrogen and oxygen atoms in total. The van der Waals surface area contributed by atoms with E-state index in [4.69, 9.17) is 11.7 Å². The Morgan fingerprint density at radius 3 is 2.12 bits per heavy atom. The van der Waals surface area contributed by atoms with Gasteiger partial charge in [-0.05, 0) is 36.8 Å². The number of carbonyl (C=O) groups excluding carboxylic acids is 1. The van der Waals surface area contributed by atoms with Crippen molar-refractivity contribution in [3.05, 3.63) is 64.6 Å². The van der Waals surface area contributed by atoms with Crippen molar-refractivity contribution in [3.8, 4) is 0 Å². The molecule has 0 fully saturated rings. The number of hydrazine groups is 2. The topological polar surface area (TPSA) is 139 Å². The quantitative estimate of drug-likeness (QED) is 0.339. The first-order valence-electron chi connectivity index (χ1n) is 7.12. The molecule has 0 radical (unpaired) electrons. The van der Waals surface area contributed by atoms with Crippen LogP contribution in [0.25, 0.3) is 0 Å². The molecule has 2 aromatic carbocycles. The van der Waals surface area contributed by atoms with Gasteiger partial charge in [-0.1, -0.05) is 29.8 Å². The first kappa shape index (κ1) is 18.5. The van der Waals surface area contributed by atoms with Gasteiger partial charge in [0.25, 0.3) is 15.9 Å². The molecule has 25 heavy (non-hydrogen) atoms. The Kier molecular flexibility index (Phi) is 5.47. The molecule has 0 heterocycles. The second-order valence-corrected chi connectivity index (χ2v) is 7.09. The summed E-state index contributed by atoms with van der Waals surface area (Å²) < 4.78 is 25.7. The SMILES string of the molecule is Cc1ccc(S(=O)(=O)N(N)c2ccc(CC(=O)N(N)N=O)cc2)cc1. The van der Waals surface area contributed by atoms with E-state index in [9.17, 15) is 18.1 Å². The molecule has 2 rings (SSSR count). The van der Waals surface area contributed by atoms with Crippen LogP contribution in [0.3, 0.4) is 0 Å². The fourth-order valence-electron chi connectivity index (χ4n) is 2.02. The summed E-state index contributed by atoms with van der Waals surface area (Å²) >= 11 is 0. The Morgan fingerprint density at radius 2 is 1.60 bits per heavy atom. The minimum Gasteiger partial charge on any atom is -0.271 e. The average molecular weight is 363 g/mol. The van der Waals surface area contributed by atoms with Gasteiger partial charge in [-0.2, -0.15) is 8.42 Å². The second kappa shape index (κ2) is 7.38. The minimum atomic E-state index is -3.90. The predicted octanol–water partition coefficient (Wildman–Crippen LogP) is 0.990. The number of aryl methyl sites for hydroxylation is 1. The fraction of sp³-hybridized carbons (Fsp3) is 0.133. The van der Waals surface area contributed by atoms with E-state index in [1.807, 2.05) is 6.92 Å². The maximum Gasteiger partial charge on any atom is 0.277 e. The van der Waals surface area contributed by atoms with Crippen LogP contribution in [-0.2, 0) is 21.2 Å². The molecular formula is C15H17N5O4S. The zero-order valence-corrected chi connectivity index (χ0v) is 14.2. The molecule has 0 aliphatic heterocycles. The normalized spacial score (nSPS) is 11.0. The van der Waals surface area contributed by atoms with Crippen LogP contribution in [0.1, 0.15) is 11.1 Å². The average Bonchev–Trinajstić information content (AvgIpc) is 2.61. The Labute approximate surface area is 144 Å². The Bertz CT molecular complexity index is 866. The minimum absolute atomic E-state index is 0.0654. The number of hydrogen-bond acceptors (Lipinski definition) is 7. The largest absolute Gasteiger partial charge is 0.277 e. The van der Waals surface area contributed by atoms with Crippen molar-refractivity contribution in [1.82, 2.24) is 5.12 Å². The van der Waals surface area contributed by atoms with Gasteiger partial charge in [-0.3, -0.25) is 4.79 Å². The molecule has 0 bridgehead atoms. The molecule has 0 saturated carbocycles. The van der Waals surface area contributed by atoms with Crippen molar-refractivity contribution in [2.24, 2.45) is 17.0 Å². The van der Waals surface area contributed by atoms with E-state index >= 15 is 0 Å². The van der Waals surface area contributed by atoms with Gasteiger partial charge in [0.2, 0.25) is 0 Å². The van der Waals surface area contributed by atoms with Crippen LogP contribution in [0.4, 0.5) is 5.69 Å². The number of nitroso groups, excluding NO2 is 1. The van der Waals surface area contributed by atoms with E-state index in [1.165, 1.54) is 36.4 Å². The third-order valence-corrected chi connectivity index (χ3v) is 5.06. The number of hydrogen-bond donors (Lipinski definition) is 2. The molecule has 0 aliphatic rings. The van der Waals surface area contributed by atoms with Gasteiger partial charge in [0.05, 0.1) is 22.3 Å². The zero-order valence-electron chi connectivity index (χ0n) is 13.4. The Hall–Kier alpha value is -2.82. The highest BCUT2D eigenvalue weighted by Gasteiger charge is 2.22. The van der Waals surface area contributed by atoms with E-state index in [0.717, 1.165) is 5.56 Å². The molecular weight excluding hydrogens is 346 g/mol. The molecule has 0 aliphatic carbocycles. The van der Waals surface area contributed by atoms with Crippen LogP contribution in [0, 0.1) is 11.8 Å². The summed E-state index contributed by atoms with van der Waals surface area (Å²) in [4.78, 5) is 21.8. The van der Waals surface area contributed by atoms with E-state index in [0.29, 0.717) is 9.98 Å². The Balaban J connectivity index is 2.19. The van der Waals surface area contributed by atoms with Crippen LogP contribution < -0.4 is 16.1 Å². The molecule has 10 heteroatoms. The lowest BCUT2D eigenvalue weighted by Crippen LogP contribution is -2.37. The predicted molar refractivity (Wildman–Crippen MR) is 92.0 cm³/mol. The number of anilines is 1. The molecule has 1 amide bonds. The maximum absolute atomic E-state index is 12.5. The summed E-state index contributed by atoms with van der Waals surface area (Å²) in [6, 6.07) is 12.2. The van der Waals surface area contributed by atoms with Crippen molar-refractivity contribution in [3.63, 3.8) is 0 Å². The van der Waals surface area contributed by atoms with Gasteiger partial charge < -0.3 is 0 Å². The van der Waals surface area contributed by atoms with Crippen molar-refractivity contribution in [2.45, 2.75) is 18.2 Å². The highest BCUT2D eigenvalue weighted by Crippen LogP contribution is 2.21. The molecule has 4 N–H and O–H groups in total. The lowest BCUT2D eigenvalue weighted by Gasteiger charge is -2.19. The summed E-state index contributed by atoms with van der Waals surface area (Å²) in [5.41, 5.74) is 1.67. The number of nitrogens with two attached hydrogens (primary N) is 2. The lowest BCUT2D eigenvalue weighted by molar-refractivity contribution is -0.130. The van der Waals surface area contributed by atoms with Gasteiger partial charge >= 0.3 is 0 Å². The van der Waals surface area contributed by atoms with Crippen molar-refractivity contribution in [1.29, 1.82) is 0 Å². The number of sulfonamides is 1. The monoisotopic (exact) mass is 363 g/mol. The molecule has 0 saturated heterocycles. The summed E-state index contributed by atoms with van der Waals surface area (Å²) in [7, 11) is -3.90. The first-order valence-corrected chi connectivity index (χ1v) is 8.56. The fourth-order valence-corrected chi connectivity index (χ4v) is 3.13. The maximum atomic E-state index is 12.5. The number of benzene rings is 2. The number of nitrogens with zero attached hydrogens (tertiary/aromatic N) is 3. The van der Waals surface area contributed by atoms with Gasteiger partial charge in [-0.15, -0.1) is 10.0 Å². The van der Waals surface area contributed by atoms with Crippen molar-refractivity contribution >= 4 is 21.6 Å². The van der Waals surface area contributed by atoms with E-state index in [2.05, 4.69) is 5.29 Å². The van der Waals surface area contributed by atoms with Gasteiger partial charge in [-0.25, -0.2) is 16.1 Å². The zero-order chi connectivity index (χ0) is 18.6. The van der Waals surface area contributed by atoms with Gasteiger partial charge in [0.15, 0.2) is 0 Å². The number of carbonyl (C=O) groups is 1. The Morgan fingerprint density at radius 1 is 1.04 bits per heavy atom. The summed E-state index contributed by atoms with van der Waals surface area (Å²) in [6.45, 7) is 1.85. The van der Waals surface area contributed by atoms with E-state index < -0.39 is 15.9 Å². The van der Waals surface area contributed by atoms with Crippen LogP contribution in [0.15, 0.2) is 58.7 Å². The third kappa shape index (κ3) is 4.18. The van der Waals surface area contributed by atoms with Crippen LogP contribution in [-0.4, -0.2) is 19.4 Å². The standard InChI is InChI=1S/C15H17N5O4S/c1-11-2-8-14(9-3-11)25(23,24)20(17)13-6-4-12(5-7-13)10-15(21)19(16)18-22/h2-9H,10,16-17H2,1H3. The highest BCUT2D eigenvalue weighted by molar-refractivity contribution is 7.92. The molecule has 0 aromatic heterocycles. The number of amides is 1. The highest BCUT2D eigenvalue weighted by atomic mass is 32.2. The summed E-state index contributed by atoms with van der Waals surface area (Å²) in [5.74, 6) is 10.1. The van der Waals surface area contributed by atoms with Gasteiger partial charge in [0, 0.05) is 0 Å². The summed E-state index contributed by atoms with van der Waals surface area (Å²) in [6.07, 6.45) is -0.155. The summed E-state index contributed by atoms with van der Waals surface area (Å²) in [5, 5.41) is 2.51. The van der Waals surface area contributed by atoms with Crippen molar-refractivity contribution < 1.29 is 13.2 Å². The smallest absolute Gasteiger partial charge is 0.271 e. The van der Waals surface area contributed by atoms with Crippen LogP contribution in [0.2, 0.25) is 0 Å². The van der Waals surface area contributed by atoms with E-state index in [1.54, 1.807) is 12.1 Å². The molecule has 0 spiro atoms. The molecule has 0 atom stereocenters. The number of rotatable bonds is 6. The lowest BCUT2D eigenvalue weighted by atomic mass is 10.1. The molecule has 0 unspecified atom stereocenters. The van der Waals surface area contributed by atoms with Crippen LogP contribution >= 0.6 is 0 Å². The van der Waals surface area contributed by atoms with Gasteiger partial charge in [0.1, 0.15) is 0 Å². The van der Waals surface area contributed by atoms with Crippen LogP contribution in [0.5, 0.6) is 0 Å². The van der Waals surface area contributed by atoms with Crippen molar-refractivity contribution in [2.75, 3.05) is 4.41 Å². The molecule has 2 aromatic rings. The molecule has 132 valence electrons. The second-order valence-electron chi connectivity index (χ2n) is 5.28. The van der Waals surface area contributed by atoms with E-state index in [-0.39, 0.29) is 22.1 Å². The third-order valence-electron chi connectivity index (χ3n) is 3.47. The first-order chi connectivity index (χ1) is 11.8.